The molecule has 0 amide bonds. The van der Waals surface area contributed by atoms with Gasteiger partial charge in [0.15, 0.2) is 0 Å². The number of aryl methyl sites for hydroxylation is 1. The molecule has 0 radical (unpaired) electrons. The number of nitrogens with one attached hydrogen (secondary N) is 1. The number of hydrogen-bond donors (Lipinski definition) is 1. The van der Waals surface area contributed by atoms with Gasteiger partial charge >= 0.3 is 0 Å². The molecule has 0 bridgehead atoms. The maximum Gasteiger partial charge on any atom is 0.125 e. The second kappa shape index (κ2) is 6.37. The van der Waals surface area contributed by atoms with Crippen LogP contribution in [0.5, 0.6) is 5.75 Å². The highest BCUT2D eigenvalue weighted by Gasteiger charge is 2.19. The highest BCUT2D eigenvalue weighted by atomic mass is 79.9. The number of benzene rings is 2. The molecule has 0 aliphatic carbocycles. The molecule has 106 valence electrons. The topological polar surface area (TPSA) is 21.3 Å². The fourth-order valence-corrected chi connectivity index (χ4v) is 2.66. The fraction of sp³-hybridized carbons (Fsp3) is 0.250. The molecule has 1 unspecified atom stereocenters. The van der Waals surface area contributed by atoms with Gasteiger partial charge in [-0.1, -0.05) is 28.1 Å². The van der Waals surface area contributed by atoms with Gasteiger partial charge in [0.25, 0.3) is 0 Å². The fourth-order valence-electron chi connectivity index (χ4n) is 2.32. The zero-order chi connectivity index (χ0) is 14.7. The molecular weight excluding hydrogens is 321 g/mol. The lowest BCUT2D eigenvalue weighted by Crippen LogP contribution is -2.19. The van der Waals surface area contributed by atoms with Gasteiger partial charge in [-0.2, -0.15) is 0 Å². The highest BCUT2D eigenvalue weighted by Crippen LogP contribution is 2.33. The van der Waals surface area contributed by atoms with Crippen LogP contribution < -0.4 is 10.1 Å². The lowest BCUT2D eigenvalue weighted by atomic mass is 9.94. The Morgan fingerprint density at radius 1 is 1.15 bits per heavy atom. The summed E-state index contributed by atoms with van der Waals surface area (Å²) in [5, 5.41) is 3.23. The standard InChI is InChI=1S/C16H17BrFNO/c1-10-4-6-12(18)9-14(10)16(19-2)13-7-5-11(17)8-15(13)20-3/h4-9,16,19H,1-3H3. The van der Waals surface area contributed by atoms with Crippen molar-refractivity contribution in [3.8, 4) is 5.75 Å². The van der Waals surface area contributed by atoms with Crippen LogP contribution in [-0.2, 0) is 0 Å². The van der Waals surface area contributed by atoms with E-state index in [-0.39, 0.29) is 11.9 Å². The summed E-state index contributed by atoms with van der Waals surface area (Å²) in [4.78, 5) is 0. The molecular formula is C16H17BrFNO. The quantitative estimate of drug-likeness (QED) is 0.902. The molecule has 2 aromatic rings. The van der Waals surface area contributed by atoms with Gasteiger partial charge in [-0.25, -0.2) is 4.39 Å². The van der Waals surface area contributed by atoms with Crippen molar-refractivity contribution >= 4 is 15.9 Å². The van der Waals surface area contributed by atoms with E-state index in [1.807, 2.05) is 32.2 Å². The van der Waals surface area contributed by atoms with E-state index in [9.17, 15) is 4.39 Å². The van der Waals surface area contributed by atoms with Crippen molar-refractivity contribution in [1.29, 1.82) is 0 Å². The van der Waals surface area contributed by atoms with E-state index >= 15 is 0 Å². The Labute approximate surface area is 127 Å². The maximum absolute atomic E-state index is 13.5. The smallest absolute Gasteiger partial charge is 0.125 e. The summed E-state index contributed by atoms with van der Waals surface area (Å²) < 4.78 is 19.9. The molecule has 2 rings (SSSR count). The minimum absolute atomic E-state index is 0.117. The van der Waals surface area contributed by atoms with E-state index in [0.717, 1.165) is 26.9 Å². The first-order valence-electron chi connectivity index (χ1n) is 6.33. The molecule has 0 aliphatic heterocycles. The first kappa shape index (κ1) is 15.0. The van der Waals surface area contributed by atoms with Crippen LogP contribution in [0.15, 0.2) is 40.9 Å². The van der Waals surface area contributed by atoms with Gasteiger partial charge in [-0.05, 0) is 49.4 Å². The summed E-state index contributed by atoms with van der Waals surface area (Å²) in [6, 6.07) is 10.6. The zero-order valence-corrected chi connectivity index (χ0v) is 13.3. The maximum atomic E-state index is 13.5. The summed E-state index contributed by atoms with van der Waals surface area (Å²) in [7, 11) is 3.49. The number of ether oxygens (including phenoxy) is 1. The van der Waals surface area contributed by atoms with Gasteiger partial charge in [0.1, 0.15) is 11.6 Å². The molecule has 0 saturated carbocycles. The number of methoxy groups -OCH3 is 1. The van der Waals surface area contributed by atoms with E-state index in [2.05, 4.69) is 21.2 Å². The van der Waals surface area contributed by atoms with Crippen LogP contribution in [-0.4, -0.2) is 14.2 Å². The first-order valence-corrected chi connectivity index (χ1v) is 7.13. The van der Waals surface area contributed by atoms with E-state index in [1.54, 1.807) is 19.2 Å². The Morgan fingerprint density at radius 2 is 1.90 bits per heavy atom. The average molecular weight is 338 g/mol. The van der Waals surface area contributed by atoms with E-state index in [0.29, 0.717) is 0 Å². The molecule has 0 fully saturated rings. The molecule has 1 N–H and O–H groups in total. The molecule has 2 nitrogen and oxygen atoms in total. The molecule has 4 heteroatoms. The average Bonchev–Trinajstić information content (AvgIpc) is 2.44. The minimum atomic E-state index is -0.234. The van der Waals surface area contributed by atoms with Crippen molar-refractivity contribution in [2.24, 2.45) is 0 Å². The Balaban J connectivity index is 2.55. The van der Waals surface area contributed by atoms with Crippen molar-refractivity contribution in [2.45, 2.75) is 13.0 Å². The Bertz CT molecular complexity index is 615. The lowest BCUT2D eigenvalue weighted by molar-refractivity contribution is 0.405. The van der Waals surface area contributed by atoms with Crippen LogP contribution in [0.2, 0.25) is 0 Å². The van der Waals surface area contributed by atoms with Gasteiger partial charge in [0.2, 0.25) is 0 Å². The van der Waals surface area contributed by atoms with Gasteiger partial charge in [-0.15, -0.1) is 0 Å². The van der Waals surface area contributed by atoms with Gasteiger partial charge < -0.3 is 10.1 Å². The van der Waals surface area contributed by atoms with Gasteiger partial charge in [0.05, 0.1) is 13.2 Å². The van der Waals surface area contributed by atoms with Crippen molar-refractivity contribution in [3.05, 3.63) is 63.4 Å². The lowest BCUT2D eigenvalue weighted by Gasteiger charge is -2.22. The van der Waals surface area contributed by atoms with Crippen LogP contribution in [0.3, 0.4) is 0 Å². The first-order chi connectivity index (χ1) is 9.56. The van der Waals surface area contributed by atoms with Crippen molar-refractivity contribution < 1.29 is 9.13 Å². The predicted octanol–water partition coefficient (Wildman–Crippen LogP) is 4.21. The second-order valence-corrected chi connectivity index (χ2v) is 5.52. The number of halogens is 2. The predicted molar refractivity (Wildman–Crippen MR) is 82.7 cm³/mol. The Kier molecular flexibility index (Phi) is 4.78. The van der Waals surface area contributed by atoms with Crippen LogP contribution in [0, 0.1) is 12.7 Å². The molecule has 1 atom stereocenters. The summed E-state index contributed by atoms with van der Waals surface area (Å²) in [5.74, 6) is 0.532. The molecule has 0 aromatic heterocycles. The van der Waals surface area contributed by atoms with Crippen LogP contribution in [0.25, 0.3) is 0 Å². The molecule has 0 heterocycles. The summed E-state index contributed by atoms with van der Waals surface area (Å²) in [5.41, 5.74) is 2.93. The third-order valence-corrected chi connectivity index (χ3v) is 3.84. The number of hydrogen-bond acceptors (Lipinski definition) is 2. The minimum Gasteiger partial charge on any atom is -0.496 e. The Hall–Kier alpha value is -1.39. The van der Waals surface area contributed by atoms with E-state index < -0.39 is 0 Å². The summed E-state index contributed by atoms with van der Waals surface area (Å²) in [6.45, 7) is 1.98. The summed E-state index contributed by atoms with van der Waals surface area (Å²) >= 11 is 3.43. The zero-order valence-electron chi connectivity index (χ0n) is 11.7. The third-order valence-electron chi connectivity index (χ3n) is 3.35. The normalized spacial score (nSPS) is 12.2. The number of rotatable bonds is 4. The largest absolute Gasteiger partial charge is 0.496 e. The van der Waals surface area contributed by atoms with Gasteiger partial charge in [-0.3, -0.25) is 0 Å². The van der Waals surface area contributed by atoms with Crippen molar-refractivity contribution in [3.63, 3.8) is 0 Å². The van der Waals surface area contributed by atoms with Crippen molar-refractivity contribution in [2.75, 3.05) is 14.2 Å². The molecule has 2 aromatic carbocycles. The summed E-state index contributed by atoms with van der Waals surface area (Å²) in [6.07, 6.45) is 0. The van der Waals surface area contributed by atoms with E-state index in [1.165, 1.54) is 6.07 Å². The van der Waals surface area contributed by atoms with Crippen LogP contribution in [0.4, 0.5) is 4.39 Å². The van der Waals surface area contributed by atoms with Crippen LogP contribution >= 0.6 is 15.9 Å². The Morgan fingerprint density at radius 3 is 2.55 bits per heavy atom. The second-order valence-electron chi connectivity index (χ2n) is 4.61. The SMILES string of the molecule is CNC(c1cc(F)ccc1C)c1ccc(Br)cc1OC. The highest BCUT2D eigenvalue weighted by molar-refractivity contribution is 9.10. The van der Waals surface area contributed by atoms with E-state index in [4.69, 9.17) is 4.74 Å². The van der Waals surface area contributed by atoms with Gasteiger partial charge in [0, 0.05) is 10.0 Å². The molecule has 0 spiro atoms. The monoisotopic (exact) mass is 337 g/mol. The van der Waals surface area contributed by atoms with Crippen molar-refractivity contribution in [1.82, 2.24) is 5.32 Å². The molecule has 0 saturated heterocycles. The van der Waals surface area contributed by atoms with Crippen LogP contribution in [0.1, 0.15) is 22.7 Å². The third kappa shape index (κ3) is 3.02. The molecule has 0 aliphatic rings. The molecule has 20 heavy (non-hydrogen) atoms.